The van der Waals surface area contributed by atoms with Crippen molar-refractivity contribution in [2.75, 3.05) is 19.7 Å². The van der Waals surface area contributed by atoms with E-state index in [0.717, 1.165) is 31.4 Å². The van der Waals surface area contributed by atoms with Crippen molar-refractivity contribution in [3.63, 3.8) is 0 Å². The van der Waals surface area contributed by atoms with Gasteiger partial charge in [0.15, 0.2) is 0 Å². The summed E-state index contributed by atoms with van der Waals surface area (Å²) in [6.07, 6.45) is 3.88. The zero-order valence-electron chi connectivity index (χ0n) is 16.5. The molecule has 27 heavy (non-hydrogen) atoms. The normalized spacial score (nSPS) is 22.3. The quantitative estimate of drug-likeness (QED) is 0.598. The molecule has 3 amide bonds. The van der Waals surface area contributed by atoms with E-state index < -0.39 is 0 Å². The molecule has 1 saturated carbocycles. The molecular formula is C19H32N4O3S. The number of nitrogens with zero attached hydrogens (tertiary/aromatic N) is 1. The molecule has 1 aliphatic rings. The zero-order chi connectivity index (χ0) is 19.6. The van der Waals surface area contributed by atoms with Gasteiger partial charge in [-0.2, -0.15) is 0 Å². The maximum atomic E-state index is 12.6. The van der Waals surface area contributed by atoms with Crippen molar-refractivity contribution >= 4 is 23.3 Å². The molecule has 0 saturated heterocycles. The van der Waals surface area contributed by atoms with Crippen LogP contribution in [0, 0.1) is 12.8 Å². The Balaban J connectivity index is 1.85. The lowest BCUT2D eigenvalue weighted by atomic mass is 9.83. The molecule has 0 spiro atoms. The van der Waals surface area contributed by atoms with Crippen LogP contribution < -0.4 is 16.0 Å². The largest absolute Gasteiger partial charge is 0.376 e. The summed E-state index contributed by atoms with van der Waals surface area (Å²) in [6, 6.07) is -0.342. The number of urea groups is 1. The number of amides is 3. The highest BCUT2D eigenvalue weighted by Crippen LogP contribution is 2.27. The van der Waals surface area contributed by atoms with Crippen LogP contribution >= 0.6 is 11.3 Å². The first-order chi connectivity index (χ1) is 13.0. The summed E-state index contributed by atoms with van der Waals surface area (Å²) in [5, 5.41) is 8.79. The molecule has 1 aromatic rings. The SMILES string of the molecule is CCCO[C@@H]1CC[C@H](C(=O)NCCc2scnc2C)C[C@H]1NC(=O)NCC. The smallest absolute Gasteiger partial charge is 0.315 e. The third-order valence-corrected chi connectivity index (χ3v) is 5.84. The predicted molar refractivity (Wildman–Crippen MR) is 107 cm³/mol. The van der Waals surface area contributed by atoms with E-state index in [0.29, 0.717) is 26.1 Å². The predicted octanol–water partition coefficient (Wildman–Crippen LogP) is 2.39. The van der Waals surface area contributed by atoms with E-state index in [-0.39, 0.29) is 30.0 Å². The highest BCUT2D eigenvalue weighted by molar-refractivity contribution is 7.09. The minimum absolute atomic E-state index is 0.0311. The van der Waals surface area contributed by atoms with Crippen molar-refractivity contribution in [1.29, 1.82) is 0 Å². The zero-order valence-corrected chi connectivity index (χ0v) is 17.4. The van der Waals surface area contributed by atoms with Gasteiger partial charge in [0.1, 0.15) is 0 Å². The van der Waals surface area contributed by atoms with Gasteiger partial charge in [-0.1, -0.05) is 6.92 Å². The molecule has 1 aromatic heterocycles. The molecule has 0 aliphatic heterocycles. The number of carbonyl (C=O) groups is 2. The number of aromatic nitrogens is 1. The van der Waals surface area contributed by atoms with E-state index in [9.17, 15) is 9.59 Å². The second kappa shape index (κ2) is 11.2. The average molecular weight is 397 g/mol. The van der Waals surface area contributed by atoms with Gasteiger partial charge >= 0.3 is 6.03 Å². The van der Waals surface area contributed by atoms with Crippen LogP contribution in [0.2, 0.25) is 0 Å². The number of rotatable bonds is 9. The summed E-state index contributed by atoms with van der Waals surface area (Å²) >= 11 is 1.62. The summed E-state index contributed by atoms with van der Waals surface area (Å²) < 4.78 is 5.92. The van der Waals surface area contributed by atoms with Crippen LogP contribution in [0.15, 0.2) is 5.51 Å². The lowest BCUT2D eigenvalue weighted by molar-refractivity contribution is -0.127. The van der Waals surface area contributed by atoms with Crippen molar-refractivity contribution in [3.8, 4) is 0 Å². The molecule has 0 radical (unpaired) electrons. The molecule has 1 heterocycles. The Bertz CT molecular complexity index is 608. The molecule has 3 N–H and O–H groups in total. The molecule has 0 bridgehead atoms. The Labute approximate surface area is 165 Å². The van der Waals surface area contributed by atoms with Gasteiger partial charge in [0.25, 0.3) is 0 Å². The standard InChI is InChI=1S/C19H32N4O3S/c1-4-10-26-16-7-6-14(11-15(16)23-19(25)20-5-2)18(24)21-9-8-17-13(3)22-12-27-17/h12,14-16H,4-11H2,1-3H3,(H,21,24)(H2,20,23,25)/t14-,15+,16+/m0/s1. The maximum absolute atomic E-state index is 12.6. The molecule has 8 heteroatoms. The van der Waals surface area contributed by atoms with Gasteiger partial charge < -0.3 is 20.7 Å². The highest BCUT2D eigenvalue weighted by atomic mass is 32.1. The summed E-state index contributed by atoms with van der Waals surface area (Å²) in [4.78, 5) is 30.0. The third-order valence-electron chi connectivity index (χ3n) is 4.84. The number of hydrogen-bond donors (Lipinski definition) is 3. The lowest BCUT2D eigenvalue weighted by Crippen LogP contribution is -2.53. The third kappa shape index (κ3) is 6.77. The van der Waals surface area contributed by atoms with Crippen molar-refractivity contribution in [2.24, 2.45) is 5.92 Å². The second-order valence-corrected chi connectivity index (χ2v) is 7.87. The Hall–Kier alpha value is -1.67. The summed E-state index contributed by atoms with van der Waals surface area (Å²) in [5.41, 5.74) is 2.87. The van der Waals surface area contributed by atoms with Crippen LogP contribution in [-0.2, 0) is 16.0 Å². The minimum Gasteiger partial charge on any atom is -0.376 e. The van der Waals surface area contributed by atoms with Crippen molar-refractivity contribution < 1.29 is 14.3 Å². The minimum atomic E-state index is -0.200. The van der Waals surface area contributed by atoms with Crippen LogP contribution in [0.4, 0.5) is 4.79 Å². The van der Waals surface area contributed by atoms with Crippen molar-refractivity contribution in [1.82, 2.24) is 20.9 Å². The fraction of sp³-hybridized carbons (Fsp3) is 0.737. The number of carbonyl (C=O) groups excluding carboxylic acids is 2. The molecule has 7 nitrogen and oxygen atoms in total. The Morgan fingerprint density at radius 2 is 2.11 bits per heavy atom. The Kier molecular flexibility index (Phi) is 9.00. The van der Waals surface area contributed by atoms with Crippen LogP contribution in [0.5, 0.6) is 0 Å². The van der Waals surface area contributed by atoms with E-state index >= 15 is 0 Å². The van der Waals surface area contributed by atoms with Crippen LogP contribution in [-0.4, -0.2) is 48.8 Å². The first-order valence-electron chi connectivity index (χ1n) is 9.87. The molecule has 2 rings (SSSR count). The van der Waals surface area contributed by atoms with Gasteiger partial charge in [-0.15, -0.1) is 11.3 Å². The first-order valence-corrected chi connectivity index (χ1v) is 10.8. The molecular weight excluding hydrogens is 364 g/mol. The molecule has 0 unspecified atom stereocenters. The topological polar surface area (TPSA) is 92.3 Å². The number of nitrogens with one attached hydrogen (secondary N) is 3. The number of ether oxygens (including phenoxy) is 1. The van der Waals surface area contributed by atoms with Gasteiger partial charge in [0.2, 0.25) is 5.91 Å². The lowest BCUT2D eigenvalue weighted by Gasteiger charge is -2.35. The molecule has 1 fully saturated rings. The van der Waals surface area contributed by atoms with Crippen molar-refractivity contribution in [2.45, 2.75) is 65.0 Å². The van der Waals surface area contributed by atoms with Crippen LogP contribution in [0.1, 0.15) is 50.1 Å². The Morgan fingerprint density at radius 1 is 1.30 bits per heavy atom. The van der Waals surface area contributed by atoms with Crippen LogP contribution in [0.25, 0.3) is 0 Å². The molecule has 3 atom stereocenters. The second-order valence-electron chi connectivity index (χ2n) is 6.93. The van der Waals surface area contributed by atoms with Gasteiger partial charge in [-0.25, -0.2) is 9.78 Å². The van der Waals surface area contributed by atoms with Crippen LogP contribution in [0.3, 0.4) is 0 Å². The van der Waals surface area contributed by atoms with E-state index in [4.69, 9.17) is 4.74 Å². The first kappa shape index (κ1) is 21.6. The molecule has 152 valence electrons. The van der Waals surface area contributed by atoms with Gasteiger partial charge in [-0.3, -0.25) is 4.79 Å². The van der Waals surface area contributed by atoms with Gasteiger partial charge in [0.05, 0.1) is 23.4 Å². The number of aryl methyl sites for hydroxylation is 1. The summed E-state index contributed by atoms with van der Waals surface area (Å²) in [6.45, 7) is 7.79. The van der Waals surface area contributed by atoms with E-state index in [1.807, 2.05) is 19.4 Å². The van der Waals surface area contributed by atoms with Gasteiger partial charge in [-0.05, 0) is 39.5 Å². The number of hydrogen-bond acceptors (Lipinski definition) is 5. The van der Waals surface area contributed by atoms with E-state index in [2.05, 4.69) is 27.9 Å². The molecule has 0 aromatic carbocycles. The maximum Gasteiger partial charge on any atom is 0.315 e. The fourth-order valence-electron chi connectivity index (χ4n) is 3.39. The highest BCUT2D eigenvalue weighted by Gasteiger charge is 2.35. The summed E-state index contributed by atoms with van der Waals surface area (Å²) in [7, 11) is 0. The monoisotopic (exact) mass is 396 g/mol. The number of thiazole rings is 1. The van der Waals surface area contributed by atoms with E-state index in [1.54, 1.807) is 11.3 Å². The van der Waals surface area contributed by atoms with Gasteiger partial charge in [0, 0.05) is 36.9 Å². The Morgan fingerprint density at radius 3 is 2.78 bits per heavy atom. The fourth-order valence-corrected chi connectivity index (χ4v) is 4.17. The average Bonchev–Trinajstić information content (AvgIpc) is 3.05. The summed E-state index contributed by atoms with van der Waals surface area (Å²) in [5.74, 6) is -0.0326. The molecule has 1 aliphatic carbocycles. The van der Waals surface area contributed by atoms with Crippen molar-refractivity contribution in [3.05, 3.63) is 16.1 Å². The van der Waals surface area contributed by atoms with E-state index in [1.165, 1.54) is 4.88 Å².